The Hall–Kier alpha value is -0.570. The van der Waals surface area contributed by atoms with Crippen molar-refractivity contribution in [3.05, 3.63) is 11.7 Å². The van der Waals surface area contributed by atoms with E-state index in [-0.39, 0.29) is 11.3 Å². The Morgan fingerprint density at radius 3 is 2.50 bits per heavy atom. The fourth-order valence-electron chi connectivity index (χ4n) is 1.03. The zero-order valence-electron chi connectivity index (χ0n) is 9.12. The Labute approximate surface area is 89.8 Å². The van der Waals surface area contributed by atoms with Gasteiger partial charge in [0.1, 0.15) is 0 Å². The fraction of sp³-hybridized carbons (Fsp3) is 0.800. The van der Waals surface area contributed by atoms with Gasteiger partial charge in [0.25, 0.3) is 0 Å². The molecule has 0 bridgehead atoms. The fourth-order valence-corrected chi connectivity index (χ4v) is 1.12. The molecule has 0 aromatic carbocycles. The van der Waals surface area contributed by atoms with Gasteiger partial charge >= 0.3 is 0 Å². The van der Waals surface area contributed by atoms with Gasteiger partial charge in [-0.25, -0.2) is 0 Å². The van der Waals surface area contributed by atoms with Crippen LogP contribution in [0.4, 0.5) is 0 Å². The van der Waals surface area contributed by atoms with Crippen LogP contribution in [0.25, 0.3) is 0 Å². The molecule has 0 saturated carbocycles. The number of alkyl halides is 1. The highest BCUT2D eigenvalue weighted by atomic mass is 35.5. The summed E-state index contributed by atoms with van der Waals surface area (Å²) in [5.41, 5.74) is 0. The quantitative estimate of drug-likeness (QED) is 0.723. The Bertz CT molecular complexity index is 285. The van der Waals surface area contributed by atoms with E-state index in [1.54, 1.807) is 0 Å². The summed E-state index contributed by atoms with van der Waals surface area (Å²) in [4.78, 5) is 4.29. The summed E-state index contributed by atoms with van der Waals surface area (Å²) in [6.07, 6.45) is 0.816. The van der Waals surface area contributed by atoms with E-state index in [4.69, 9.17) is 16.1 Å². The van der Waals surface area contributed by atoms with Crippen LogP contribution in [0.15, 0.2) is 4.52 Å². The molecule has 0 aliphatic rings. The lowest BCUT2D eigenvalue weighted by Gasteiger charge is -2.09. The number of nitrogens with zero attached hydrogens (tertiary/aromatic N) is 2. The minimum Gasteiger partial charge on any atom is -0.339 e. The van der Waals surface area contributed by atoms with Gasteiger partial charge in [-0.2, -0.15) is 4.98 Å². The van der Waals surface area contributed by atoms with Gasteiger partial charge in [0.15, 0.2) is 5.82 Å². The molecule has 1 heterocycles. The summed E-state index contributed by atoms with van der Waals surface area (Å²) < 4.78 is 5.17. The summed E-state index contributed by atoms with van der Waals surface area (Å²) in [7, 11) is 0. The summed E-state index contributed by atoms with van der Waals surface area (Å²) in [5, 5.41) is 3.74. The van der Waals surface area contributed by atoms with Crippen LogP contribution in [0, 0.1) is 5.92 Å². The van der Waals surface area contributed by atoms with Crippen LogP contribution in [-0.2, 0) is 0 Å². The van der Waals surface area contributed by atoms with E-state index in [1.807, 2.05) is 6.92 Å². The maximum Gasteiger partial charge on any atom is 0.229 e. The molecule has 2 atom stereocenters. The molecule has 0 radical (unpaired) electrons. The molecule has 3 nitrogen and oxygen atoms in total. The molecule has 80 valence electrons. The molecule has 0 aliphatic carbocycles. The molecule has 1 aromatic heterocycles. The van der Waals surface area contributed by atoms with E-state index in [9.17, 15) is 0 Å². The number of aromatic nitrogens is 2. The van der Waals surface area contributed by atoms with Crippen molar-refractivity contribution < 1.29 is 4.52 Å². The van der Waals surface area contributed by atoms with Gasteiger partial charge in [-0.1, -0.05) is 32.9 Å². The van der Waals surface area contributed by atoms with Crippen LogP contribution in [0.1, 0.15) is 57.1 Å². The van der Waals surface area contributed by atoms with Gasteiger partial charge in [0, 0.05) is 5.92 Å². The lowest BCUT2D eigenvalue weighted by molar-refractivity contribution is 0.328. The summed E-state index contributed by atoms with van der Waals surface area (Å²) >= 11 is 6.00. The minimum atomic E-state index is -0.133. The maximum atomic E-state index is 6.00. The van der Waals surface area contributed by atoms with Crippen LogP contribution >= 0.6 is 11.6 Å². The normalized spacial score (nSPS) is 15.9. The topological polar surface area (TPSA) is 38.9 Å². The number of hydrogen-bond donors (Lipinski definition) is 0. The Morgan fingerprint density at radius 2 is 2.00 bits per heavy atom. The van der Waals surface area contributed by atoms with Crippen LogP contribution in [0.2, 0.25) is 0 Å². The molecule has 0 spiro atoms. The Balaban J connectivity index is 2.77. The van der Waals surface area contributed by atoms with Gasteiger partial charge in [-0.05, 0) is 12.3 Å². The largest absolute Gasteiger partial charge is 0.339 e. The van der Waals surface area contributed by atoms with Crippen molar-refractivity contribution in [3.63, 3.8) is 0 Å². The summed E-state index contributed by atoms with van der Waals surface area (Å²) in [6, 6.07) is 0. The third-order valence-corrected chi connectivity index (χ3v) is 2.99. The predicted molar refractivity (Wildman–Crippen MR) is 56.4 cm³/mol. The molecule has 14 heavy (non-hydrogen) atoms. The van der Waals surface area contributed by atoms with E-state index in [0.29, 0.717) is 17.6 Å². The Kier molecular flexibility index (Phi) is 3.93. The zero-order chi connectivity index (χ0) is 10.7. The van der Waals surface area contributed by atoms with Gasteiger partial charge in [0.2, 0.25) is 5.89 Å². The van der Waals surface area contributed by atoms with Crippen molar-refractivity contribution in [1.82, 2.24) is 10.1 Å². The van der Waals surface area contributed by atoms with Crippen molar-refractivity contribution in [2.24, 2.45) is 5.92 Å². The molecule has 0 aliphatic heterocycles. The molecule has 1 aromatic rings. The second kappa shape index (κ2) is 4.78. The molecule has 0 N–H and O–H groups in total. The van der Waals surface area contributed by atoms with Crippen molar-refractivity contribution in [3.8, 4) is 0 Å². The number of rotatable bonds is 4. The van der Waals surface area contributed by atoms with E-state index >= 15 is 0 Å². The smallest absolute Gasteiger partial charge is 0.229 e. The molecule has 0 fully saturated rings. The van der Waals surface area contributed by atoms with Gasteiger partial charge in [0.05, 0.1) is 5.38 Å². The van der Waals surface area contributed by atoms with Crippen molar-refractivity contribution in [2.75, 3.05) is 0 Å². The molecule has 1 rings (SSSR count). The molecule has 0 amide bonds. The first-order chi connectivity index (χ1) is 6.56. The lowest BCUT2D eigenvalue weighted by atomic mass is 9.98. The number of halogens is 1. The first-order valence-electron chi connectivity index (χ1n) is 5.03. The summed E-state index contributed by atoms with van der Waals surface area (Å²) in [6.45, 7) is 8.34. The highest BCUT2D eigenvalue weighted by molar-refractivity contribution is 6.20. The van der Waals surface area contributed by atoms with Crippen LogP contribution in [0.5, 0.6) is 0 Å². The monoisotopic (exact) mass is 216 g/mol. The first-order valence-corrected chi connectivity index (χ1v) is 5.47. The average Bonchev–Trinajstić information content (AvgIpc) is 2.64. The molecule has 4 heteroatoms. The van der Waals surface area contributed by atoms with Gasteiger partial charge < -0.3 is 4.52 Å². The third kappa shape index (κ3) is 2.47. The van der Waals surface area contributed by atoms with Crippen molar-refractivity contribution in [1.29, 1.82) is 0 Å². The SMILES string of the molecule is CCC(Cl)c1noc(C(C)C(C)C)n1. The second-order valence-electron chi connectivity index (χ2n) is 3.90. The molecular formula is C10H17ClN2O. The van der Waals surface area contributed by atoms with Gasteiger partial charge in [-0.15, -0.1) is 11.6 Å². The van der Waals surface area contributed by atoms with E-state index in [1.165, 1.54) is 0 Å². The number of hydrogen-bond acceptors (Lipinski definition) is 3. The maximum absolute atomic E-state index is 6.00. The second-order valence-corrected chi connectivity index (χ2v) is 4.43. The molecule has 0 saturated heterocycles. The van der Waals surface area contributed by atoms with Crippen molar-refractivity contribution in [2.45, 2.75) is 45.4 Å². The highest BCUT2D eigenvalue weighted by Crippen LogP contribution is 2.26. The van der Waals surface area contributed by atoms with E-state index in [2.05, 4.69) is 30.9 Å². The first kappa shape index (κ1) is 11.5. The molecular weight excluding hydrogens is 200 g/mol. The van der Waals surface area contributed by atoms with E-state index in [0.717, 1.165) is 6.42 Å². The van der Waals surface area contributed by atoms with Crippen molar-refractivity contribution >= 4 is 11.6 Å². The van der Waals surface area contributed by atoms with Gasteiger partial charge in [-0.3, -0.25) is 0 Å². The minimum absolute atomic E-state index is 0.133. The zero-order valence-corrected chi connectivity index (χ0v) is 9.88. The van der Waals surface area contributed by atoms with E-state index < -0.39 is 0 Å². The molecule has 2 unspecified atom stereocenters. The lowest BCUT2D eigenvalue weighted by Crippen LogP contribution is -2.02. The highest BCUT2D eigenvalue weighted by Gasteiger charge is 2.19. The predicted octanol–water partition coefficient (Wildman–Crippen LogP) is 3.52. The summed E-state index contributed by atoms with van der Waals surface area (Å²) in [5.74, 6) is 2.08. The van der Waals surface area contributed by atoms with Crippen LogP contribution < -0.4 is 0 Å². The third-order valence-electron chi connectivity index (χ3n) is 2.49. The standard InChI is InChI=1S/C10H17ClN2O/c1-5-8(11)9-12-10(14-13-9)7(4)6(2)3/h6-8H,5H2,1-4H3. The Morgan fingerprint density at radius 1 is 1.36 bits per heavy atom. The van der Waals surface area contributed by atoms with Crippen LogP contribution in [-0.4, -0.2) is 10.1 Å². The average molecular weight is 217 g/mol. The van der Waals surface area contributed by atoms with Crippen LogP contribution in [0.3, 0.4) is 0 Å².